The van der Waals surface area contributed by atoms with Crippen molar-refractivity contribution in [3.05, 3.63) is 58.5 Å². The van der Waals surface area contributed by atoms with Gasteiger partial charge in [0.05, 0.1) is 12.7 Å². The van der Waals surface area contributed by atoms with E-state index in [0.29, 0.717) is 22.2 Å². The van der Waals surface area contributed by atoms with Gasteiger partial charge in [-0.05, 0) is 59.1 Å². The molecule has 0 bridgehead atoms. The Balaban J connectivity index is 1.49. The zero-order chi connectivity index (χ0) is 23.6. The van der Waals surface area contributed by atoms with Crippen molar-refractivity contribution in [1.29, 1.82) is 0 Å². The first-order valence-electron chi connectivity index (χ1n) is 11.5. The van der Waals surface area contributed by atoms with Gasteiger partial charge in [0.1, 0.15) is 10.8 Å². The maximum Gasteiger partial charge on any atom is 0.341 e. The summed E-state index contributed by atoms with van der Waals surface area (Å²) in [4.78, 5) is 26.5. The number of benzene rings is 2. The first-order valence-corrected chi connectivity index (χ1v) is 12.3. The molecule has 174 valence electrons. The quantitative estimate of drug-likeness (QED) is 0.419. The van der Waals surface area contributed by atoms with Crippen molar-refractivity contribution in [3.8, 4) is 5.75 Å². The Morgan fingerprint density at radius 2 is 1.91 bits per heavy atom. The van der Waals surface area contributed by atoms with Gasteiger partial charge in [0.2, 0.25) is 0 Å². The molecule has 0 saturated carbocycles. The van der Waals surface area contributed by atoms with Gasteiger partial charge in [-0.1, -0.05) is 57.5 Å². The summed E-state index contributed by atoms with van der Waals surface area (Å²) in [5, 5.41) is 5.65. The number of amides is 1. The normalized spacial score (nSPS) is 15.7. The van der Waals surface area contributed by atoms with Crippen molar-refractivity contribution in [1.82, 2.24) is 0 Å². The summed E-state index contributed by atoms with van der Waals surface area (Å²) >= 11 is 1.50. The van der Waals surface area contributed by atoms with Gasteiger partial charge in [-0.15, -0.1) is 11.3 Å². The lowest BCUT2D eigenvalue weighted by molar-refractivity contribution is -0.118. The highest BCUT2D eigenvalue weighted by atomic mass is 32.1. The Kier molecular flexibility index (Phi) is 6.75. The predicted octanol–water partition coefficient (Wildman–Crippen LogP) is 6.25. The zero-order valence-corrected chi connectivity index (χ0v) is 20.5. The Hall–Kier alpha value is -2.86. The number of nitrogens with one attached hydrogen (secondary N) is 1. The highest BCUT2D eigenvalue weighted by Crippen LogP contribution is 2.45. The van der Waals surface area contributed by atoms with E-state index in [1.54, 1.807) is 0 Å². The number of methoxy groups -OCH3 is 1. The van der Waals surface area contributed by atoms with Crippen molar-refractivity contribution >= 4 is 39.0 Å². The molecular formula is C27H31NO4S. The van der Waals surface area contributed by atoms with Gasteiger partial charge in [-0.3, -0.25) is 4.79 Å². The molecule has 0 fully saturated rings. The van der Waals surface area contributed by atoms with E-state index in [2.05, 4.69) is 26.1 Å². The third-order valence-corrected chi connectivity index (χ3v) is 8.18. The van der Waals surface area contributed by atoms with Crippen LogP contribution in [0.5, 0.6) is 5.75 Å². The first kappa shape index (κ1) is 23.3. The van der Waals surface area contributed by atoms with Gasteiger partial charge in [-0.2, -0.15) is 0 Å². The number of hydrogen-bond acceptors (Lipinski definition) is 5. The molecule has 1 heterocycles. The average molecular weight is 466 g/mol. The Labute approximate surface area is 199 Å². The molecule has 1 N–H and O–H groups in total. The van der Waals surface area contributed by atoms with E-state index in [0.717, 1.165) is 42.0 Å². The lowest BCUT2D eigenvalue weighted by Gasteiger charge is -2.36. The summed E-state index contributed by atoms with van der Waals surface area (Å²) in [5.74, 6) is 0.495. The third-order valence-electron chi connectivity index (χ3n) is 7.02. The standard InChI is InChI=1S/C27H31NO4S/c1-5-27(2,3)19-11-13-21-22(15-19)33-25(24(21)26(30)31-4)28-23(29)16-32-20-12-10-17-8-6-7-9-18(17)14-20/h6-10,12,14,19H,5,11,13,15-16H2,1-4H3,(H,28,29). The molecule has 1 aliphatic carbocycles. The van der Waals surface area contributed by atoms with Crippen LogP contribution in [-0.2, 0) is 22.4 Å². The number of hydrogen-bond donors (Lipinski definition) is 1. The van der Waals surface area contributed by atoms with Gasteiger partial charge >= 0.3 is 5.97 Å². The molecule has 1 amide bonds. The smallest absolute Gasteiger partial charge is 0.341 e. The van der Waals surface area contributed by atoms with Crippen LogP contribution in [0.15, 0.2) is 42.5 Å². The van der Waals surface area contributed by atoms with Gasteiger partial charge in [0, 0.05) is 4.88 Å². The molecule has 1 aromatic heterocycles. The van der Waals surface area contributed by atoms with Crippen molar-refractivity contribution in [2.24, 2.45) is 11.3 Å². The second-order valence-corrected chi connectivity index (χ2v) is 10.4. The van der Waals surface area contributed by atoms with Crippen LogP contribution in [0, 0.1) is 11.3 Å². The number of carbonyl (C=O) groups excluding carboxylic acids is 2. The van der Waals surface area contributed by atoms with Crippen LogP contribution in [0.25, 0.3) is 10.8 Å². The fraction of sp³-hybridized carbons (Fsp3) is 0.407. The molecule has 3 aromatic rings. The zero-order valence-electron chi connectivity index (χ0n) is 19.7. The number of rotatable bonds is 7. The maximum absolute atomic E-state index is 12.7. The molecule has 5 nitrogen and oxygen atoms in total. The van der Waals surface area contributed by atoms with Crippen LogP contribution in [0.4, 0.5) is 5.00 Å². The van der Waals surface area contributed by atoms with E-state index in [1.165, 1.54) is 23.3 Å². The fourth-order valence-corrected chi connectivity index (χ4v) is 5.85. The molecule has 0 spiro atoms. The number of carbonyl (C=O) groups is 2. The highest BCUT2D eigenvalue weighted by Gasteiger charge is 2.35. The molecule has 0 saturated heterocycles. The van der Waals surface area contributed by atoms with Gasteiger partial charge < -0.3 is 14.8 Å². The van der Waals surface area contributed by atoms with Crippen LogP contribution in [-0.4, -0.2) is 25.6 Å². The lowest BCUT2D eigenvalue weighted by atomic mass is 9.69. The third kappa shape index (κ3) is 4.91. The average Bonchev–Trinajstić information content (AvgIpc) is 3.19. The number of anilines is 1. The molecule has 1 unspecified atom stereocenters. The second-order valence-electron chi connectivity index (χ2n) is 9.33. The monoisotopic (exact) mass is 465 g/mol. The van der Waals surface area contributed by atoms with Crippen molar-refractivity contribution < 1.29 is 19.1 Å². The van der Waals surface area contributed by atoms with Gasteiger partial charge in [0.15, 0.2) is 6.61 Å². The van der Waals surface area contributed by atoms with E-state index in [9.17, 15) is 9.59 Å². The highest BCUT2D eigenvalue weighted by molar-refractivity contribution is 7.17. The lowest BCUT2D eigenvalue weighted by Crippen LogP contribution is -2.28. The summed E-state index contributed by atoms with van der Waals surface area (Å²) in [6.45, 7) is 6.71. The predicted molar refractivity (Wildman–Crippen MR) is 133 cm³/mol. The van der Waals surface area contributed by atoms with Gasteiger partial charge in [-0.25, -0.2) is 4.79 Å². The van der Waals surface area contributed by atoms with Gasteiger partial charge in [0.25, 0.3) is 5.91 Å². The minimum atomic E-state index is -0.397. The Bertz CT molecular complexity index is 1180. The Morgan fingerprint density at radius 1 is 1.15 bits per heavy atom. The van der Waals surface area contributed by atoms with E-state index in [1.807, 2.05) is 42.5 Å². The van der Waals surface area contributed by atoms with Crippen LogP contribution in [0.2, 0.25) is 0 Å². The summed E-state index contributed by atoms with van der Waals surface area (Å²) in [6, 6.07) is 13.7. The van der Waals surface area contributed by atoms with Crippen molar-refractivity contribution in [2.45, 2.75) is 46.5 Å². The molecule has 1 atom stereocenters. The molecular weight excluding hydrogens is 434 g/mol. The molecule has 1 aliphatic rings. The summed E-state index contributed by atoms with van der Waals surface area (Å²) < 4.78 is 10.8. The molecule has 33 heavy (non-hydrogen) atoms. The molecule has 0 radical (unpaired) electrons. The van der Waals surface area contributed by atoms with E-state index in [-0.39, 0.29) is 17.9 Å². The molecule has 6 heteroatoms. The van der Waals surface area contributed by atoms with Crippen LogP contribution in [0.1, 0.15) is 54.4 Å². The van der Waals surface area contributed by atoms with Crippen molar-refractivity contribution in [2.75, 3.05) is 19.0 Å². The number of ether oxygens (including phenoxy) is 2. The number of fused-ring (bicyclic) bond motifs is 2. The Morgan fingerprint density at radius 3 is 2.64 bits per heavy atom. The fourth-order valence-electron chi connectivity index (χ4n) is 4.52. The largest absolute Gasteiger partial charge is 0.484 e. The second kappa shape index (κ2) is 9.56. The maximum atomic E-state index is 12.7. The van der Waals surface area contributed by atoms with Crippen LogP contribution < -0.4 is 10.1 Å². The summed E-state index contributed by atoms with van der Waals surface area (Å²) in [7, 11) is 1.38. The minimum Gasteiger partial charge on any atom is -0.484 e. The number of esters is 1. The van der Waals surface area contributed by atoms with E-state index < -0.39 is 5.97 Å². The first-order chi connectivity index (χ1) is 15.8. The topological polar surface area (TPSA) is 64.6 Å². The van der Waals surface area contributed by atoms with Crippen LogP contribution in [0.3, 0.4) is 0 Å². The van der Waals surface area contributed by atoms with Crippen LogP contribution >= 0.6 is 11.3 Å². The van der Waals surface area contributed by atoms with E-state index >= 15 is 0 Å². The minimum absolute atomic E-state index is 0.132. The number of thiophene rings is 1. The molecule has 2 aromatic carbocycles. The molecule has 4 rings (SSSR count). The van der Waals surface area contributed by atoms with E-state index in [4.69, 9.17) is 9.47 Å². The summed E-state index contributed by atoms with van der Waals surface area (Å²) in [5.41, 5.74) is 1.77. The SMILES string of the molecule is CCC(C)(C)C1CCc2c(sc(NC(=O)COc3ccc4ccccc4c3)c2C(=O)OC)C1. The summed E-state index contributed by atoms with van der Waals surface area (Å²) in [6.07, 6.45) is 3.90. The van der Waals surface area contributed by atoms with Crippen molar-refractivity contribution in [3.63, 3.8) is 0 Å². The molecule has 0 aliphatic heterocycles.